The molecule has 0 spiro atoms. The molecule has 2 rings (SSSR count). The van der Waals surface area contributed by atoms with Crippen LogP contribution in [0.3, 0.4) is 0 Å². The lowest BCUT2D eigenvalue weighted by atomic mass is 9.85. The SMILES string of the molecule is CCCOc1cc(F)ccc1NC(=O)C1CCCC(N)C1. The van der Waals surface area contributed by atoms with Crippen LogP contribution in [-0.4, -0.2) is 18.6 Å². The van der Waals surface area contributed by atoms with Crippen LogP contribution >= 0.6 is 0 Å². The van der Waals surface area contributed by atoms with Gasteiger partial charge in [0, 0.05) is 18.0 Å². The number of rotatable bonds is 5. The molecule has 116 valence electrons. The van der Waals surface area contributed by atoms with E-state index < -0.39 is 0 Å². The third-order valence-electron chi connectivity index (χ3n) is 3.75. The molecule has 1 aliphatic carbocycles. The van der Waals surface area contributed by atoms with Gasteiger partial charge >= 0.3 is 0 Å². The van der Waals surface area contributed by atoms with Crippen LogP contribution in [0.5, 0.6) is 5.75 Å². The average Bonchev–Trinajstić information content (AvgIpc) is 2.47. The highest BCUT2D eigenvalue weighted by Crippen LogP contribution is 2.29. The molecule has 1 aliphatic rings. The number of amides is 1. The molecule has 0 aliphatic heterocycles. The zero-order chi connectivity index (χ0) is 15.2. The molecule has 1 aromatic carbocycles. The molecular weight excluding hydrogens is 271 g/mol. The van der Waals surface area contributed by atoms with Gasteiger partial charge in [0.15, 0.2) is 0 Å². The summed E-state index contributed by atoms with van der Waals surface area (Å²) in [6.45, 7) is 2.46. The van der Waals surface area contributed by atoms with Crippen molar-refractivity contribution in [1.82, 2.24) is 0 Å². The van der Waals surface area contributed by atoms with Crippen LogP contribution in [0.25, 0.3) is 0 Å². The van der Waals surface area contributed by atoms with Gasteiger partial charge in [0.05, 0.1) is 12.3 Å². The standard InChI is InChI=1S/C16H23FN2O2/c1-2-8-21-15-10-12(17)6-7-14(15)19-16(20)11-4-3-5-13(18)9-11/h6-7,10-11,13H,2-5,8-9,18H2,1H3,(H,19,20). The van der Waals surface area contributed by atoms with Gasteiger partial charge in [-0.3, -0.25) is 4.79 Å². The van der Waals surface area contributed by atoms with Crippen molar-refractivity contribution in [2.75, 3.05) is 11.9 Å². The minimum absolute atomic E-state index is 0.0573. The lowest BCUT2D eigenvalue weighted by Crippen LogP contribution is -2.34. The number of halogens is 1. The Labute approximate surface area is 124 Å². The van der Waals surface area contributed by atoms with E-state index in [2.05, 4.69) is 5.32 Å². The molecule has 3 N–H and O–H groups in total. The van der Waals surface area contributed by atoms with Gasteiger partial charge in [0.2, 0.25) is 5.91 Å². The van der Waals surface area contributed by atoms with Crippen molar-refractivity contribution in [1.29, 1.82) is 0 Å². The maximum absolute atomic E-state index is 13.3. The van der Waals surface area contributed by atoms with Gasteiger partial charge in [-0.2, -0.15) is 0 Å². The fourth-order valence-corrected chi connectivity index (χ4v) is 2.63. The van der Waals surface area contributed by atoms with Crippen LogP contribution < -0.4 is 15.8 Å². The Morgan fingerprint density at radius 1 is 1.48 bits per heavy atom. The number of hydrogen-bond acceptors (Lipinski definition) is 3. The highest BCUT2D eigenvalue weighted by Gasteiger charge is 2.25. The van der Waals surface area contributed by atoms with Gasteiger partial charge in [-0.05, 0) is 37.8 Å². The van der Waals surface area contributed by atoms with Crippen molar-refractivity contribution < 1.29 is 13.9 Å². The summed E-state index contributed by atoms with van der Waals surface area (Å²) in [4.78, 5) is 12.3. The summed E-state index contributed by atoms with van der Waals surface area (Å²) in [5.41, 5.74) is 6.44. The van der Waals surface area contributed by atoms with Crippen LogP contribution in [-0.2, 0) is 4.79 Å². The first-order chi connectivity index (χ1) is 10.1. The van der Waals surface area contributed by atoms with Gasteiger partial charge in [-0.1, -0.05) is 13.3 Å². The third-order valence-corrected chi connectivity index (χ3v) is 3.75. The fourth-order valence-electron chi connectivity index (χ4n) is 2.63. The monoisotopic (exact) mass is 294 g/mol. The smallest absolute Gasteiger partial charge is 0.227 e. The van der Waals surface area contributed by atoms with Crippen LogP contribution in [0.15, 0.2) is 18.2 Å². The van der Waals surface area contributed by atoms with Crippen molar-refractivity contribution in [2.24, 2.45) is 11.7 Å². The number of hydrogen-bond donors (Lipinski definition) is 2. The highest BCUT2D eigenvalue weighted by atomic mass is 19.1. The van der Waals surface area contributed by atoms with Crippen LogP contribution in [0.1, 0.15) is 39.0 Å². The van der Waals surface area contributed by atoms with Crippen molar-refractivity contribution >= 4 is 11.6 Å². The van der Waals surface area contributed by atoms with Gasteiger partial charge in [-0.25, -0.2) is 4.39 Å². The Balaban J connectivity index is 2.05. The fraction of sp³-hybridized carbons (Fsp3) is 0.562. The number of anilines is 1. The molecule has 0 saturated heterocycles. The third kappa shape index (κ3) is 4.43. The molecule has 1 aromatic rings. The van der Waals surface area contributed by atoms with Crippen LogP contribution in [0.4, 0.5) is 10.1 Å². The van der Waals surface area contributed by atoms with Crippen molar-refractivity contribution in [3.05, 3.63) is 24.0 Å². The second-order valence-electron chi connectivity index (χ2n) is 5.60. The van der Waals surface area contributed by atoms with E-state index >= 15 is 0 Å². The molecule has 21 heavy (non-hydrogen) atoms. The molecule has 0 radical (unpaired) electrons. The number of nitrogens with one attached hydrogen (secondary N) is 1. The summed E-state index contributed by atoms with van der Waals surface area (Å²) in [5, 5.41) is 2.85. The molecule has 2 unspecified atom stereocenters. The molecule has 5 heteroatoms. The predicted octanol–water partition coefficient (Wildman–Crippen LogP) is 3.07. The summed E-state index contributed by atoms with van der Waals surface area (Å²) >= 11 is 0. The molecule has 0 aromatic heterocycles. The number of carbonyl (C=O) groups is 1. The molecule has 2 atom stereocenters. The average molecular weight is 294 g/mol. The molecular formula is C16H23FN2O2. The Morgan fingerprint density at radius 2 is 2.29 bits per heavy atom. The van der Waals surface area contributed by atoms with E-state index in [1.807, 2.05) is 6.92 Å². The normalized spacial score (nSPS) is 21.9. The van der Waals surface area contributed by atoms with Crippen LogP contribution in [0.2, 0.25) is 0 Å². The van der Waals surface area contributed by atoms with Gasteiger partial charge in [-0.15, -0.1) is 0 Å². The Kier molecular flexibility index (Phi) is 5.56. The number of carbonyl (C=O) groups excluding carboxylic acids is 1. The van der Waals surface area contributed by atoms with E-state index in [1.54, 1.807) is 6.07 Å². The quantitative estimate of drug-likeness (QED) is 0.877. The minimum Gasteiger partial charge on any atom is -0.491 e. The Morgan fingerprint density at radius 3 is 3.00 bits per heavy atom. The first kappa shape index (κ1) is 15.8. The second-order valence-corrected chi connectivity index (χ2v) is 5.60. The van der Waals surface area contributed by atoms with Crippen molar-refractivity contribution in [3.8, 4) is 5.75 Å². The summed E-state index contributed by atoms with van der Waals surface area (Å²) < 4.78 is 18.8. The molecule has 0 bridgehead atoms. The van der Waals surface area contributed by atoms with Crippen molar-refractivity contribution in [2.45, 2.75) is 45.1 Å². The lowest BCUT2D eigenvalue weighted by Gasteiger charge is -2.26. The van der Waals surface area contributed by atoms with E-state index in [0.29, 0.717) is 24.5 Å². The summed E-state index contributed by atoms with van der Waals surface area (Å²) in [6.07, 6.45) is 4.33. The molecule has 1 fully saturated rings. The van der Waals surface area contributed by atoms with E-state index in [0.717, 1.165) is 25.7 Å². The number of nitrogens with two attached hydrogens (primary N) is 1. The maximum atomic E-state index is 13.3. The lowest BCUT2D eigenvalue weighted by molar-refractivity contribution is -0.120. The van der Waals surface area contributed by atoms with E-state index in [1.165, 1.54) is 12.1 Å². The first-order valence-corrected chi connectivity index (χ1v) is 7.59. The largest absolute Gasteiger partial charge is 0.491 e. The molecule has 1 saturated carbocycles. The Hall–Kier alpha value is -1.62. The number of benzene rings is 1. The topological polar surface area (TPSA) is 64.3 Å². The zero-order valence-electron chi connectivity index (χ0n) is 12.4. The highest BCUT2D eigenvalue weighted by molar-refractivity contribution is 5.94. The molecule has 1 amide bonds. The van der Waals surface area contributed by atoms with Gasteiger partial charge in [0.1, 0.15) is 11.6 Å². The second kappa shape index (κ2) is 7.41. The number of ether oxygens (including phenoxy) is 1. The summed E-state index contributed by atoms with van der Waals surface area (Å²) in [5.74, 6) is -0.125. The van der Waals surface area contributed by atoms with Gasteiger partial charge in [0.25, 0.3) is 0 Å². The summed E-state index contributed by atoms with van der Waals surface area (Å²) in [6, 6.07) is 4.26. The molecule has 0 heterocycles. The predicted molar refractivity (Wildman–Crippen MR) is 80.7 cm³/mol. The minimum atomic E-state index is -0.376. The van der Waals surface area contributed by atoms with E-state index in [-0.39, 0.29) is 23.7 Å². The van der Waals surface area contributed by atoms with E-state index in [9.17, 15) is 9.18 Å². The first-order valence-electron chi connectivity index (χ1n) is 7.59. The maximum Gasteiger partial charge on any atom is 0.227 e. The summed E-state index contributed by atoms with van der Waals surface area (Å²) in [7, 11) is 0. The molecule has 4 nitrogen and oxygen atoms in total. The van der Waals surface area contributed by atoms with E-state index in [4.69, 9.17) is 10.5 Å². The van der Waals surface area contributed by atoms with Gasteiger partial charge < -0.3 is 15.8 Å². The van der Waals surface area contributed by atoms with Crippen molar-refractivity contribution in [3.63, 3.8) is 0 Å². The Bertz CT molecular complexity index is 493. The zero-order valence-corrected chi connectivity index (χ0v) is 12.4. The van der Waals surface area contributed by atoms with Crippen LogP contribution in [0, 0.1) is 11.7 Å².